The Hall–Kier alpha value is -3.95. The number of methoxy groups -OCH3 is 1. The summed E-state index contributed by atoms with van der Waals surface area (Å²) >= 11 is 0. The Kier molecular flexibility index (Phi) is 6.58. The van der Waals surface area contributed by atoms with Crippen LogP contribution >= 0.6 is 0 Å². The molecule has 1 aliphatic rings. The number of benzene rings is 3. The topological polar surface area (TPSA) is 106 Å². The summed E-state index contributed by atoms with van der Waals surface area (Å²) in [6.45, 7) is 1.96. The molecule has 0 radical (unpaired) electrons. The molecule has 196 valence electrons. The van der Waals surface area contributed by atoms with Crippen LogP contribution in [0.4, 0.5) is 0 Å². The van der Waals surface area contributed by atoms with Gasteiger partial charge < -0.3 is 14.7 Å². The zero-order valence-corrected chi connectivity index (χ0v) is 21.9. The summed E-state index contributed by atoms with van der Waals surface area (Å²) in [6.07, 6.45) is -0.140. The van der Waals surface area contributed by atoms with Gasteiger partial charge in [0.15, 0.2) is 5.54 Å². The van der Waals surface area contributed by atoms with E-state index in [4.69, 9.17) is 4.74 Å². The van der Waals surface area contributed by atoms with E-state index in [-0.39, 0.29) is 35.8 Å². The van der Waals surface area contributed by atoms with Crippen LogP contribution in [0, 0.1) is 6.92 Å². The van der Waals surface area contributed by atoms with Crippen molar-refractivity contribution >= 4 is 32.8 Å². The fraction of sp³-hybridized carbons (Fsp3) is 0.241. The summed E-state index contributed by atoms with van der Waals surface area (Å²) in [5.74, 6) is -1.06. The van der Waals surface area contributed by atoms with Crippen molar-refractivity contribution in [3.8, 4) is 0 Å². The Morgan fingerprint density at radius 3 is 2.37 bits per heavy atom. The second-order valence-electron chi connectivity index (χ2n) is 9.50. The Morgan fingerprint density at radius 1 is 1.03 bits per heavy atom. The molecule has 3 aromatic carbocycles. The van der Waals surface area contributed by atoms with Crippen molar-refractivity contribution in [2.45, 2.75) is 42.8 Å². The molecule has 1 fully saturated rings. The fourth-order valence-corrected chi connectivity index (χ4v) is 6.62. The van der Waals surface area contributed by atoms with Gasteiger partial charge in [-0.3, -0.25) is 4.79 Å². The standard InChI is InChI=1S/C29H28N2O6S/c1-20-12-14-22(15-13-20)38(35,36)31-19-24(23-10-6-7-11-25(23)31)27(33)29(28(34)37-2)17-16-26(32)30(29)18-21-8-4-3-5-9-21/h3-15,19,27,33H,16-18H2,1-2H3/t27-,29+/m0/s1. The highest BCUT2D eigenvalue weighted by molar-refractivity contribution is 7.90. The number of rotatable bonds is 7. The van der Waals surface area contributed by atoms with Gasteiger partial charge >= 0.3 is 5.97 Å². The lowest BCUT2D eigenvalue weighted by molar-refractivity contribution is -0.166. The molecular weight excluding hydrogens is 504 g/mol. The van der Waals surface area contributed by atoms with Gasteiger partial charge in [0.05, 0.1) is 17.5 Å². The minimum Gasteiger partial charge on any atom is -0.467 e. The highest BCUT2D eigenvalue weighted by atomic mass is 32.2. The lowest BCUT2D eigenvalue weighted by Crippen LogP contribution is -2.56. The number of para-hydroxylation sites is 1. The van der Waals surface area contributed by atoms with Crippen LogP contribution in [0.25, 0.3) is 10.9 Å². The zero-order chi connectivity index (χ0) is 27.1. The van der Waals surface area contributed by atoms with Crippen molar-refractivity contribution in [2.24, 2.45) is 0 Å². The van der Waals surface area contributed by atoms with Crippen LogP contribution in [0.5, 0.6) is 0 Å². The smallest absolute Gasteiger partial charge is 0.334 e. The number of carbonyl (C=O) groups is 2. The molecule has 0 spiro atoms. The third-order valence-corrected chi connectivity index (χ3v) is 8.95. The number of aliphatic hydroxyl groups is 1. The van der Waals surface area contributed by atoms with Gasteiger partial charge in [-0.1, -0.05) is 66.2 Å². The van der Waals surface area contributed by atoms with E-state index in [1.54, 1.807) is 36.4 Å². The molecule has 0 bridgehead atoms. The number of amides is 1. The van der Waals surface area contributed by atoms with Crippen LogP contribution in [0.3, 0.4) is 0 Å². The Labute approximate surface area is 221 Å². The molecule has 0 aliphatic carbocycles. The van der Waals surface area contributed by atoms with Gasteiger partial charge in [0.25, 0.3) is 10.0 Å². The number of ether oxygens (including phenoxy) is 1. The molecule has 1 N–H and O–H groups in total. The average Bonchev–Trinajstić information content (AvgIpc) is 3.48. The van der Waals surface area contributed by atoms with E-state index < -0.39 is 27.6 Å². The average molecular weight is 533 g/mol. The SMILES string of the molecule is COC(=O)[C@]1([C@@H](O)c2cn(S(=O)(=O)c3ccc(C)cc3)c3ccccc23)CCC(=O)N1Cc1ccccc1. The number of hydrogen-bond donors (Lipinski definition) is 1. The second kappa shape index (κ2) is 9.74. The van der Waals surface area contributed by atoms with Crippen molar-refractivity contribution < 1.29 is 27.9 Å². The van der Waals surface area contributed by atoms with Crippen molar-refractivity contribution in [1.82, 2.24) is 8.87 Å². The minimum absolute atomic E-state index is 0.0245. The van der Waals surface area contributed by atoms with E-state index in [0.717, 1.165) is 15.1 Å². The van der Waals surface area contributed by atoms with Gasteiger partial charge in [0, 0.05) is 30.1 Å². The van der Waals surface area contributed by atoms with E-state index in [9.17, 15) is 23.1 Å². The van der Waals surface area contributed by atoms with Crippen LogP contribution in [0.2, 0.25) is 0 Å². The predicted molar refractivity (Wildman–Crippen MR) is 142 cm³/mol. The van der Waals surface area contributed by atoms with Crippen LogP contribution in [0.1, 0.15) is 35.6 Å². The highest BCUT2D eigenvalue weighted by Crippen LogP contribution is 2.45. The van der Waals surface area contributed by atoms with Gasteiger partial charge in [-0.2, -0.15) is 0 Å². The molecular formula is C29H28N2O6S. The maximum absolute atomic E-state index is 13.7. The second-order valence-corrected chi connectivity index (χ2v) is 11.3. The monoisotopic (exact) mass is 532 g/mol. The van der Waals surface area contributed by atoms with E-state index in [0.29, 0.717) is 10.9 Å². The maximum atomic E-state index is 13.7. The summed E-state index contributed by atoms with van der Waals surface area (Å²) in [5.41, 5.74) is 0.537. The molecule has 1 aliphatic heterocycles. The summed E-state index contributed by atoms with van der Waals surface area (Å²) in [7, 11) is -2.81. The number of nitrogens with zero attached hydrogens (tertiary/aromatic N) is 2. The van der Waals surface area contributed by atoms with E-state index in [1.807, 2.05) is 37.3 Å². The van der Waals surface area contributed by atoms with Crippen LogP contribution in [-0.4, -0.2) is 46.9 Å². The highest BCUT2D eigenvalue weighted by Gasteiger charge is 2.58. The first-order chi connectivity index (χ1) is 18.2. The summed E-state index contributed by atoms with van der Waals surface area (Å²) in [6, 6.07) is 22.4. The van der Waals surface area contributed by atoms with Gasteiger partial charge in [-0.15, -0.1) is 0 Å². The normalized spacial score (nSPS) is 18.6. The molecule has 8 nitrogen and oxygen atoms in total. The van der Waals surface area contributed by atoms with Crippen molar-refractivity contribution in [2.75, 3.05) is 7.11 Å². The summed E-state index contributed by atoms with van der Waals surface area (Å²) < 4.78 is 33.6. The first-order valence-corrected chi connectivity index (χ1v) is 13.7. The third kappa shape index (κ3) is 4.08. The molecule has 38 heavy (non-hydrogen) atoms. The predicted octanol–water partition coefficient (Wildman–Crippen LogP) is 3.95. The molecule has 0 unspecified atom stereocenters. The Bertz CT molecular complexity index is 1610. The Morgan fingerprint density at radius 2 is 1.68 bits per heavy atom. The third-order valence-electron chi connectivity index (χ3n) is 7.26. The lowest BCUT2D eigenvalue weighted by atomic mass is 9.84. The lowest BCUT2D eigenvalue weighted by Gasteiger charge is -2.39. The zero-order valence-electron chi connectivity index (χ0n) is 21.1. The number of likely N-dealkylation sites (tertiary alicyclic amines) is 1. The van der Waals surface area contributed by atoms with Crippen LogP contribution in [0.15, 0.2) is 90.0 Å². The quantitative estimate of drug-likeness (QED) is 0.361. The molecule has 2 atom stereocenters. The van der Waals surface area contributed by atoms with Gasteiger partial charge in [-0.05, 0) is 37.1 Å². The molecule has 1 amide bonds. The maximum Gasteiger partial charge on any atom is 0.334 e. The molecule has 0 saturated carbocycles. The van der Waals surface area contributed by atoms with Crippen molar-refractivity contribution in [3.05, 3.63) is 102 Å². The number of aliphatic hydroxyl groups excluding tert-OH is 1. The minimum atomic E-state index is -4.03. The molecule has 1 saturated heterocycles. The number of fused-ring (bicyclic) bond motifs is 1. The number of esters is 1. The van der Waals surface area contributed by atoms with Gasteiger partial charge in [0.1, 0.15) is 6.10 Å². The number of hydrogen-bond acceptors (Lipinski definition) is 6. The van der Waals surface area contributed by atoms with Crippen molar-refractivity contribution in [3.63, 3.8) is 0 Å². The number of carbonyl (C=O) groups excluding carboxylic acids is 2. The largest absolute Gasteiger partial charge is 0.467 e. The molecule has 9 heteroatoms. The number of aromatic nitrogens is 1. The summed E-state index contributed by atoms with van der Waals surface area (Å²) in [5, 5.41) is 12.4. The van der Waals surface area contributed by atoms with Gasteiger partial charge in [0.2, 0.25) is 5.91 Å². The van der Waals surface area contributed by atoms with Crippen LogP contribution < -0.4 is 0 Å². The van der Waals surface area contributed by atoms with Crippen molar-refractivity contribution in [1.29, 1.82) is 0 Å². The molecule has 4 aromatic rings. The fourth-order valence-electron chi connectivity index (χ4n) is 5.24. The van der Waals surface area contributed by atoms with E-state index in [2.05, 4.69) is 0 Å². The molecule has 2 heterocycles. The first-order valence-electron chi connectivity index (χ1n) is 12.2. The number of aryl methyl sites for hydroxylation is 1. The van der Waals surface area contributed by atoms with Crippen LogP contribution in [-0.2, 0) is 30.9 Å². The first kappa shape index (κ1) is 25.7. The summed E-state index contributed by atoms with van der Waals surface area (Å²) in [4.78, 5) is 27.9. The van der Waals surface area contributed by atoms with E-state index in [1.165, 1.54) is 30.3 Å². The molecule has 1 aromatic heterocycles. The molecule has 5 rings (SSSR count). The van der Waals surface area contributed by atoms with E-state index >= 15 is 0 Å². The van der Waals surface area contributed by atoms with Gasteiger partial charge in [-0.25, -0.2) is 17.2 Å². The Balaban J connectivity index is 1.67.